The molecule has 0 aliphatic carbocycles. The Morgan fingerprint density at radius 3 is 1.52 bits per heavy atom. The Labute approximate surface area is 348 Å². The highest BCUT2D eigenvalue weighted by Crippen LogP contribution is 2.43. The van der Waals surface area contributed by atoms with Crippen LogP contribution in [0.15, 0.2) is 48.6 Å². The normalized spacial score (nSPS) is 14.5. The van der Waals surface area contributed by atoms with E-state index in [9.17, 15) is 28.7 Å². The Hall–Kier alpha value is -1.96. The van der Waals surface area contributed by atoms with Crippen LogP contribution in [-0.4, -0.2) is 82.1 Å². The van der Waals surface area contributed by atoms with E-state index in [0.717, 1.165) is 64.2 Å². The van der Waals surface area contributed by atoms with E-state index in [-0.39, 0.29) is 19.4 Å². The molecular weight excluding hydrogens is 790 g/mol. The van der Waals surface area contributed by atoms with Crippen molar-refractivity contribution in [2.75, 3.05) is 33.0 Å². The van der Waals surface area contributed by atoms with Crippen molar-refractivity contribution in [3.05, 3.63) is 48.6 Å². The maximum Gasteiger partial charge on any atom is 0.472 e. The van der Waals surface area contributed by atoms with Crippen molar-refractivity contribution < 1.29 is 66.7 Å². The molecule has 0 fully saturated rings. The van der Waals surface area contributed by atoms with Gasteiger partial charge in [0, 0.05) is 19.4 Å². The summed E-state index contributed by atoms with van der Waals surface area (Å²) in [5.74, 6) is -1.11. The molecular formula is C42H76O14P2. The third kappa shape index (κ3) is 42.2. The molecule has 0 aliphatic heterocycles. The highest BCUT2D eigenvalue weighted by atomic mass is 31.2. The van der Waals surface area contributed by atoms with Gasteiger partial charge in [0.1, 0.15) is 12.7 Å². The predicted octanol–water partition coefficient (Wildman–Crippen LogP) is 9.64. The van der Waals surface area contributed by atoms with E-state index in [1.165, 1.54) is 57.8 Å². The average Bonchev–Trinajstić information content (AvgIpc) is 3.18. The number of carbonyl (C=O) groups is 2. The molecule has 0 heterocycles. The zero-order chi connectivity index (χ0) is 43.0. The fourth-order valence-corrected chi connectivity index (χ4v) is 6.65. The van der Waals surface area contributed by atoms with Crippen molar-refractivity contribution >= 4 is 27.6 Å². The van der Waals surface area contributed by atoms with Crippen LogP contribution in [0.5, 0.6) is 0 Å². The van der Waals surface area contributed by atoms with Crippen molar-refractivity contribution in [2.45, 2.75) is 173 Å². The van der Waals surface area contributed by atoms with Crippen LogP contribution in [0.4, 0.5) is 0 Å². The third-order valence-corrected chi connectivity index (χ3v) is 10.2. The van der Waals surface area contributed by atoms with Crippen molar-refractivity contribution in [3.63, 3.8) is 0 Å². The highest BCUT2D eigenvalue weighted by molar-refractivity contribution is 7.47. The van der Waals surface area contributed by atoms with Gasteiger partial charge in [-0.15, -0.1) is 0 Å². The summed E-state index contributed by atoms with van der Waals surface area (Å²) >= 11 is 0. The van der Waals surface area contributed by atoms with Gasteiger partial charge in [-0.25, -0.2) is 9.13 Å². The molecule has 58 heavy (non-hydrogen) atoms. The lowest BCUT2D eigenvalue weighted by molar-refractivity contribution is -0.161. The van der Waals surface area contributed by atoms with Crippen molar-refractivity contribution in [1.29, 1.82) is 0 Å². The largest absolute Gasteiger partial charge is 0.472 e. The van der Waals surface area contributed by atoms with E-state index in [2.05, 4.69) is 52.4 Å². The zero-order valence-corrected chi connectivity index (χ0v) is 36.9. The maximum atomic E-state index is 12.6. The number of unbranched alkanes of at least 4 members (excludes halogenated alkanes) is 16. The van der Waals surface area contributed by atoms with E-state index in [4.69, 9.17) is 28.9 Å². The smallest absolute Gasteiger partial charge is 0.462 e. The molecule has 1 unspecified atom stereocenters. The Morgan fingerprint density at radius 1 is 0.534 bits per heavy atom. The fourth-order valence-electron chi connectivity index (χ4n) is 5.50. The number of phosphoric ester groups is 2. The number of esters is 2. The van der Waals surface area contributed by atoms with Crippen molar-refractivity contribution in [2.24, 2.45) is 0 Å². The lowest BCUT2D eigenvalue weighted by atomic mass is 10.0. The second-order valence-electron chi connectivity index (χ2n) is 14.3. The standard InChI is InChI=1S/C42H76O14P2/c1-2-3-4-5-6-7-8-14-18-21-24-27-30-33-42(46)56-40(38-55-58(50,51)54-36-39(44)35-53-57(47,48)49)37-52-41(45)32-29-26-23-20-17-15-12-10-9-11-13-16-19-22-25-28-31-34-43/h9,11-12,15-16,19-20,23,39-40,43-44H,2-8,10,13-14,17-18,21-22,24-38H2,1H3,(H,50,51)(H2,47,48,49)/b11-9-,15-12-,19-16-,23-20-/t39-,40+/m0/s1. The number of aliphatic hydroxyl groups excluding tert-OH is 2. The van der Waals surface area contributed by atoms with E-state index in [1.54, 1.807) is 0 Å². The second-order valence-corrected chi connectivity index (χ2v) is 17.0. The van der Waals surface area contributed by atoms with Gasteiger partial charge in [-0.2, -0.15) is 0 Å². The first-order valence-electron chi connectivity index (χ1n) is 21.4. The van der Waals surface area contributed by atoms with Crippen molar-refractivity contribution in [3.8, 4) is 0 Å². The zero-order valence-electron chi connectivity index (χ0n) is 35.1. The molecule has 0 radical (unpaired) electrons. The molecule has 0 rings (SSSR count). The van der Waals surface area contributed by atoms with Crippen LogP contribution >= 0.6 is 15.6 Å². The second kappa shape index (κ2) is 39.2. The van der Waals surface area contributed by atoms with E-state index in [1.807, 2.05) is 12.2 Å². The number of rotatable bonds is 41. The van der Waals surface area contributed by atoms with Gasteiger partial charge in [0.05, 0.1) is 19.8 Å². The number of ether oxygens (including phenoxy) is 2. The minimum Gasteiger partial charge on any atom is -0.462 e. The minimum atomic E-state index is -4.87. The van der Waals surface area contributed by atoms with Gasteiger partial charge >= 0.3 is 27.6 Å². The summed E-state index contributed by atoms with van der Waals surface area (Å²) in [4.78, 5) is 52.6. The Kier molecular flexibility index (Phi) is 37.9. The first kappa shape index (κ1) is 56.0. The third-order valence-electron chi connectivity index (χ3n) is 8.77. The number of phosphoric acid groups is 2. The molecule has 3 atom stereocenters. The molecule has 0 aromatic carbocycles. The average molecular weight is 867 g/mol. The molecule has 0 aliphatic rings. The topological polar surface area (TPSA) is 216 Å². The highest BCUT2D eigenvalue weighted by Gasteiger charge is 2.28. The SMILES string of the molecule is CCCCCCCCCCCCCCCC(=O)O[C@H](COC(=O)CCC/C=C\C/C=C\C/C=C\C/C=C\CCCCCO)COP(=O)(O)OC[C@@H](O)COP(=O)(O)O. The summed E-state index contributed by atoms with van der Waals surface area (Å²) < 4.78 is 47.6. The van der Waals surface area contributed by atoms with Crippen LogP contribution in [0.25, 0.3) is 0 Å². The summed E-state index contributed by atoms with van der Waals surface area (Å²) in [7, 11) is -9.69. The number of aliphatic hydroxyl groups is 2. The number of hydrogen-bond acceptors (Lipinski definition) is 11. The molecule has 0 aromatic heterocycles. The van der Waals surface area contributed by atoms with Crippen LogP contribution in [0, 0.1) is 0 Å². The monoisotopic (exact) mass is 866 g/mol. The first-order valence-corrected chi connectivity index (χ1v) is 24.5. The predicted molar refractivity (Wildman–Crippen MR) is 227 cm³/mol. The molecule has 0 spiro atoms. The molecule has 0 bridgehead atoms. The maximum absolute atomic E-state index is 12.6. The molecule has 0 saturated carbocycles. The molecule has 16 heteroatoms. The quantitative estimate of drug-likeness (QED) is 0.0167. The molecule has 14 nitrogen and oxygen atoms in total. The van der Waals surface area contributed by atoms with E-state index < -0.39 is 66.2 Å². The van der Waals surface area contributed by atoms with Crippen LogP contribution in [-0.2, 0) is 41.8 Å². The van der Waals surface area contributed by atoms with Gasteiger partial charge in [0.2, 0.25) is 0 Å². The number of hydrogen-bond donors (Lipinski definition) is 5. The van der Waals surface area contributed by atoms with E-state index >= 15 is 0 Å². The number of carbonyl (C=O) groups excluding carboxylic acids is 2. The van der Waals surface area contributed by atoms with Crippen molar-refractivity contribution in [1.82, 2.24) is 0 Å². The Balaban J connectivity index is 4.60. The Bertz CT molecular complexity index is 1220. The van der Waals surface area contributed by atoms with Gasteiger partial charge in [-0.1, -0.05) is 139 Å². The Morgan fingerprint density at radius 2 is 0.983 bits per heavy atom. The lowest BCUT2D eigenvalue weighted by Crippen LogP contribution is -2.30. The fraction of sp³-hybridized carbons (Fsp3) is 0.762. The summed E-state index contributed by atoms with van der Waals surface area (Å²) in [5, 5.41) is 18.5. The summed E-state index contributed by atoms with van der Waals surface area (Å²) in [5.41, 5.74) is 0. The van der Waals surface area contributed by atoms with Crippen LogP contribution in [0.1, 0.15) is 161 Å². The lowest BCUT2D eigenvalue weighted by Gasteiger charge is -2.20. The summed E-state index contributed by atoms with van der Waals surface area (Å²) in [6, 6.07) is 0. The molecule has 338 valence electrons. The summed E-state index contributed by atoms with van der Waals surface area (Å²) in [6.45, 7) is -0.301. The molecule has 0 saturated heterocycles. The molecule has 5 N–H and O–H groups in total. The van der Waals surface area contributed by atoms with Gasteiger partial charge in [0.15, 0.2) is 6.10 Å². The van der Waals surface area contributed by atoms with E-state index in [0.29, 0.717) is 19.3 Å². The van der Waals surface area contributed by atoms with Gasteiger partial charge in [-0.05, 0) is 57.8 Å². The molecule has 0 amide bonds. The van der Waals surface area contributed by atoms with Gasteiger partial charge in [0.25, 0.3) is 0 Å². The number of allylic oxidation sites excluding steroid dienone is 8. The summed E-state index contributed by atoms with van der Waals surface area (Å²) in [6.07, 6.45) is 37.0. The van der Waals surface area contributed by atoms with Gasteiger partial charge in [-0.3, -0.25) is 23.2 Å². The van der Waals surface area contributed by atoms with Crippen LogP contribution in [0.3, 0.4) is 0 Å². The van der Waals surface area contributed by atoms with Crippen LogP contribution < -0.4 is 0 Å². The molecule has 0 aromatic rings. The first-order chi connectivity index (χ1) is 27.9. The van der Waals surface area contributed by atoms with Gasteiger partial charge < -0.3 is 34.4 Å². The van der Waals surface area contributed by atoms with Crippen LogP contribution in [0.2, 0.25) is 0 Å². The minimum absolute atomic E-state index is 0.110.